The Kier molecular flexibility index (Phi) is 6.11. The fourth-order valence-corrected chi connectivity index (χ4v) is 4.40. The lowest BCUT2D eigenvalue weighted by Crippen LogP contribution is -2.48. The van der Waals surface area contributed by atoms with Crippen LogP contribution in [0.2, 0.25) is 0 Å². The summed E-state index contributed by atoms with van der Waals surface area (Å²) in [5.74, 6) is 0.495. The third-order valence-electron chi connectivity index (χ3n) is 6.13. The number of aromatic nitrogens is 5. The van der Waals surface area contributed by atoms with Crippen molar-refractivity contribution in [2.24, 2.45) is 5.92 Å². The summed E-state index contributed by atoms with van der Waals surface area (Å²) in [6.07, 6.45) is 5.56. The first kappa shape index (κ1) is 21.2. The van der Waals surface area contributed by atoms with Crippen LogP contribution in [0.1, 0.15) is 59.2 Å². The van der Waals surface area contributed by atoms with Gasteiger partial charge in [0.1, 0.15) is 0 Å². The molecule has 3 heterocycles. The van der Waals surface area contributed by atoms with Crippen LogP contribution in [-0.2, 0) is 6.42 Å². The number of carbonyl (C=O) groups excluding carboxylic acids is 1. The average Bonchev–Trinajstić information content (AvgIpc) is 3.19. The van der Waals surface area contributed by atoms with Crippen molar-refractivity contribution in [2.75, 3.05) is 6.54 Å². The summed E-state index contributed by atoms with van der Waals surface area (Å²) < 4.78 is 0. The van der Waals surface area contributed by atoms with Crippen molar-refractivity contribution in [1.29, 1.82) is 0 Å². The SMILES string of the molecule is Cc1ccc(-n2ncc(C)n2)c(C(=O)N2CCC[C@@H](C)[C@H]2CCc2ccc(C)nn2)c1. The normalized spacial score (nSPS) is 18.9. The number of carbonyl (C=O) groups is 1. The van der Waals surface area contributed by atoms with Gasteiger partial charge in [0.15, 0.2) is 0 Å². The Morgan fingerprint density at radius 2 is 1.94 bits per heavy atom. The van der Waals surface area contributed by atoms with Gasteiger partial charge < -0.3 is 4.90 Å². The van der Waals surface area contributed by atoms with E-state index in [0.717, 1.165) is 60.6 Å². The molecule has 1 saturated heterocycles. The first-order chi connectivity index (χ1) is 14.9. The van der Waals surface area contributed by atoms with Gasteiger partial charge in [-0.05, 0) is 76.6 Å². The van der Waals surface area contributed by atoms with Gasteiger partial charge in [0, 0.05) is 12.6 Å². The van der Waals surface area contributed by atoms with E-state index in [1.165, 1.54) is 0 Å². The zero-order valence-electron chi connectivity index (χ0n) is 18.7. The Bertz CT molecular complexity index is 1060. The second kappa shape index (κ2) is 8.96. The Morgan fingerprint density at radius 3 is 2.65 bits per heavy atom. The van der Waals surface area contributed by atoms with Crippen LogP contribution >= 0.6 is 0 Å². The van der Waals surface area contributed by atoms with Gasteiger partial charge in [0.25, 0.3) is 5.91 Å². The molecule has 0 radical (unpaired) electrons. The number of piperidine rings is 1. The van der Waals surface area contributed by atoms with Gasteiger partial charge in [0.2, 0.25) is 0 Å². The number of aryl methyl sites for hydroxylation is 4. The molecule has 0 bridgehead atoms. The van der Waals surface area contributed by atoms with E-state index in [9.17, 15) is 4.79 Å². The maximum atomic E-state index is 13.8. The molecule has 0 N–H and O–H groups in total. The molecule has 0 unspecified atom stereocenters. The van der Waals surface area contributed by atoms with Crippen molar-refractivity contribution in [1.82, 2.24) is 30.1 Å². The molecule has 0 spiro atoms. The zero-order valence-corrected chi connectivity index (χ0v) is 18.7. The Hall–Kier alpha value is -3.09. The number of nitrogens with zero attached hydrogens (tertiary/aromatic N) is 6. The van der Waals surface area contributed by atoms with E-state index in [2.05, 4.69) is 32.2 Å². The molecule has 1 aliphatic heterocycles. The summed E-state index contributed by atoms with van der Waals surface area (Å²) in [5, 5.41) is 17.3. The van der Waals surface area contributed by atoms with E-state index in [1.807, 2.05) is 51.1 Å². The molecule has 0 saturated carbocycles. The monoisotopic (exact) mass is 418 g/mol. The molecule has 7 heteroatoms. The van der Waals surface area contributed by atoms with Gasteiger partial charge in [0.05, 0.1) is 34.5 Å². The zero-order chi connectivity index (χ0) is 22.0. The molecule has 4 rings (SSSR count). The van der Waals surface area contributed by atoms with Crippen molar-refractivity contribution in [2.45, 2.75) is 59.4 Å². The Balaban J connectivity index is 1.61. The fraction of sp³-hybridized carbons (Fsp3) is 0.458. The molecule has 7 nitrogen and oxygen atoms in total. The van der Waals surface area contributed by atoms with Crippen LogP contribution in [0.3, 0.4) is 0 Å². The quantitative estimate of drug-likeness (QED) is 0.629. The van der Waals surface area contributed by atoms with E-state index in [4.69, 9.17) is 0 Å². The molecule has 1 aliphatic rings. The Morgan fingerprint density at radius 1 is 1.10 bits per heavy atom. The average molecular weight is 419 g/mol. The highest BCUT2D eigenvalue weighted by Gasteiger charge is 2.33. The number of rotatable bonds is 5. The summed E-state index contributed by atoms with van der Waals surface area (Å²) in [5.41, 5.74) is 5.15. The van der Waals surface area contributed by atoms with Crippen LogP contribution in [0, 0.1) is 26.7 Å². The highest BCUT2D eigenvalue weighted by molar-refractivity contribution is 5.98. The molecule has 31 heavy (non-hydrogen) atoms. The first-order valence-electron chi connectivity index (χ1n) is 11.0. The van der Waals surface area contributed by atoms with Crippen LogP contribution in [-0.4, -0.2) is 48.6 Å². The van der Waals surface area contributed by atoms with E-state index in [1.54, 1.807) is 11.0 Å². The third kappa shape index (κ3) is 4.65. The van der Waals surface area contributed by atoms with Crippen LogP contribution < -0.4 is 0 Å². The predicted molar refractivity (Wildman–Crippen MR) is 119 cm³/mol. The second-order valence-corrected chi connectivity index (χ2v) is 8.69. The van der Waals surface area contributed by atoms with E-state index < -0.39 is 0 Å². The lowest BCUT2D eigenvalue weighted by atomic mass is 9.86. The summed E-state index contributed by atoms with van der Waals surface area (Å²) in [4.78, 5) is 17.4. The summed E-state index contributed by atoms with van der Waals surface area (Å²) in [6, 6.07) is 10.1. The van der Waals surface area contributed by atoms with Crippen molar-refractivity contribution in [3.05, 3.63) is 64.7 Å². The summed E-state index contributed by atoms with van der Waals surface area (Å²) in [6.45, 7) is 8.87. The fourth-order valence-electron chi connectivity index (χ4n) is 4.40. The largest absolute Gasteiger partial charge is 0.335 e. The lowest BCUT2D eigenvalue weighted by molar-refractivity contribution is 0.0498. The molecule has 3 aromatic rings. The molecule has 2 atom stereocenters. The first-order valence-corrected chi connectivity index (χ1v) is 11.0. The highest BCUT2D eigenvalue weighted by Crippen LogP contribution is 2.29. The minimum atomic E-state index is 0.0557. The third-order valence-corrected chi connectivity index (χ3v) is 6.13. The standard InChI is InChI=1S/C24H30N6O/c1-16-7-11-23(30-25-15-19(4)28-30)21(14-16)24(31)29-13-5-6-17(2)22(29)12-10-20-9-8-18(3)26-27-20/h7-9,11,14-15,17,22H,5-6,10,12-13H2,1-4H3/t17-,22-/m1/s1. The molecular formula is C24H30N6O. The predicted octanol–water partition coefficient (Wildman–Crippen LogP) is 3.86. The number of hydrogen-bond acceptors (Lipinski definition) is 5. The van der Waals surface area contributed by atoms with Gasteiger partial charge in [-0.2, -0.15) is 25.2 Å². The van der Waals surface area contributed by atoms with Crippen LogP contribution in [0.25, 0.3) is 5.69 Å². The smallest absolute Gasteiger partial charge is 0.256 e. The van der Waals surface area contributed by atoms with Crippen LogP contribution in [0.5, 0.6) is 0 Å². The molecule has 1 fully saturated rings. The molecule has 162 valence electrons. The molecule has 1 aromatic carbocycles. The van der Waals surface area contributed by atoms with Gasteiger partial charge in [-0.3, -0.25) is 4.79 Å². The van der Waals surface area contributed by atoms with Crippen molar-refractivity contribution in [3.8, 4) is 5.69 Å². The summed E-state index contributed by atoms with van der Waals surface area (Å²) >= 11 is 0. The van der Waals surface area contributed by atoms with E-state index in [-0.39, 0.29) is 11.9 Å². The minimum absolute atomic E-state index is 0.0557. The number of likely N-dealkylation sites (tertiary alicyclic amines) is 1. The number of benzene rings is 1. The topological polar surface area (TPSA) is 76.8 Å². The van der Waals surface area contributed by atoms with Crippen molar-refractivity contribution < 1.29 is 4.79 Å². The van der Waals surface area contributed by atoms with E-state index >= 15 is 0 Å². The molecular weight excluding hydrogens is 388 g/mol. The van der Waals surface area contributed by atoms with Crippen LogP contribution in [0.4, 0.5) is 0 Å². The maximum Gasteiger partial charge on any atom is 0.256 e. The van der Waals surface area contributed by atoms with Crippen LogP contribution in [0.15, 0.2) is 36.5 Å². The molecule has 0 aliphatic carbocycles. The molecule has 1 amide bonds. The summed E-state index contributed by atoms with van der Waals surface area (Å²) in [7, 11) is 0. The highest BCUT2D eigenvalue weighted by atomic mass is 16.2. The number of hydrogen-bond donors (Lipinski definition) is 0. The van der Waals surface area contributed by atoms with Gasteiger partial charge in [-0.15, -0.1) is 0 Å². The minimum Gasteiger partial charge on any atom is -0.335 e. The van der Waals surface area contributed by atoms with Gasteiger partial charge in [-0.1, -0.05) is 18.6 Å². The van der Waals surface area contributed by atoms with Crippen molar-refractivity contribution in [3.63, 3.8) is 0 Å². The Labute approximate surface area is 183 Å². The van der Waals surface area contributed by atoms with Crippen molar-refractivity contribution >= 4 is 5.91 Å². The van der Waals surface area contributed by atoms with Gasteiger partial charge in [-0.25, -0.2) is 0 Å². The number of amides is 1. The van der Waals surface area contributed by atoms with E-state index in [0.29, 0.717) is 11.5 Å². The maximum absolute atomic E-state index is 13.8. The second-order valence-electron chi connectivity index (χ2n) is 8.69. The van der Waals surface area contributed by atoms with Gasteiger partial charge >= 0.3 is 0 Å². The lowest BCUT2D eigenvalue weighted by Gasteiger charge is -2.40. The molecule has 2 aromatic heterocycles.